The first-order valence-electron chi connectivity index (χ1n) is 5.41. The summed E-state index contributed by atoms with van der Waals surface area (Å²) in [6, 6.07) is 1.43. The summed E-state index contributed by atoms with van der Waals surface area (Å²) >= 11 is 2.96. The number of hydrogen-bond donors (Lipinski definition) is 1. The third-order valence-corrected chi connectivity index (χ3v) is 5.59. The average Bonchev–Trinajstić information content (AvgIpc) is 2.65. The van der Waals surface area contributed by atoms with Crippen LogP contribution in [0, 0.1) is 17.6 Å². The summed E-state index contributed by atoms with van der Waals surface area (Å²) in [5.41, 5.74) is 5.58. The van der Waals surface area contributed by atoms with E-state index in [4.69, 9.17) is 5.73 Å². The highest BCUT2D eigenvalue weighted by atomic mass is 79.9. The Morgan fingerprint density at radius 3 is 2.61 bits per heavy atom. The molecule has 0 amide bonds. The van der Waals surface area contributed by atoms with Gasteiger partial charge in [-0.2, -0.15) is 0 Å². The zero-order valence-electron chi connectivity index (χ0n) is 9.37. The lowest BCUT2D eigenvalue weighted by Crippen LogP contribution is -2.24. The van der Waals surface area contributed by atoms with Crippen LogP contribution in [0.2, 0.25) is 0 Å². The van der Waals surface area contributed by atoms with Gasteiger partial charge in [0.2, 0.25) is 0 Å². The van der Waals surface area contributed by atoms with Crippen LogP contribution in [0.3, 0.4) is 0 Å². The second kappa shape index (κ2) is 4.86. The molecule has 2 unspecified atom stereocenters. The predicted octanol–water partition coefficient (Wildman–Crippen LogP) is 2.16. The molecular formula is C11H12BrF2NO2S. The topological polar surface area (TPSA) is 60.2 Å². The Labute approximate surface area is 112 Å². The molecule has 0 saturated carbocycles. The largest absolute Gasteiger partial charge is 0.324 e. The van der Waals surface area contributed by atoms with Crippen molar-refractivity contribution in [3.63, 3.8) is 0 Å². The summed E-state index contributed by atoms with van der Waals surface area (Å²) in [7, 11) is -3.12. The molecule has 18 heavy (non-hydrogen) atoms. The van der Waals surface area contributed by atoms with Crippen LogP contribution in [0.4, 0.5) is 8.78 Å². The highest BCUT2D eigenvalue weighted by Crippen LogP contribution is 2.34. The van der Waals surface area contributed by atoms with Gasteiger partial charge in [0.1, 0.15) is 11.6 Å². The van der Waals surface area contributed by atoms with Gasteiger partial charge in [0, 0.05) is 11.6 Å². The molecule has 0 aromatic heterocycles. The fraction of sp³-hybridized carbons (Fsp3) is 0.455. The van der Waals surface area contributed by atoms with E-state index in [-0.39, 0.29) is 21.5 Å². The third-order valence-electron chi connectivity index (χ3n) is 3.19. The van der Waals surface area contributed by atoms with E-state index in [1.807, 2.05) is 0 Å². The Balaban J connectivity index is 2.35. The maximum absolute atomic E-state index is 13.8. The van der Waals surface area contributed by atoms with Crippen molar-refractivity contribution in [2.24, 2.45) is 11.7 Å². The fourth-order valence-electron chi connectivity index (χ4n) is 2.19. The van der Waals surface area contributed by atoms with E-state index in [1.54, 1.807) is 0 Å². The first-order chi connectivity index (χ1) is 8.32. The molecule has 100 valence electrons. The van der Waals surface area contributed by atoms with Crippen molar-refractivity contribution in [1.82, 2.24) is 0 Å². The molecule has 2 N–H and O–H groups in total. The van der Waals surface area contributed by atoms with E-state index in [2.05, 4.69) is 15.9 Å². The first kappa shape index (κ1) is 13.9. The van der Waals surface area contributed by atoms with Gasteiger partial charge in [0.15, 0.2) is 9.84 Å². The number of rotatable bonds is 2. The monoisotopic (exact) mass is 339 g/mol. The predicted molar refractivity (Wildman–Crippen MR) is 67.7 cm³/mol. The van der Waals surface area contributed by atoms with Crippen molar-refractivity contribution in [1.29, 1.82) is 0 Å². The molecule has 0 radical (unpaired) electrons. The van der Waals surface area contributed by atoms with Crippen molar-refractivity contribution in [3.05, 3.63) is 33.8 Å². The van der Waals surface area contributed by atoms with Crippen LogP contribution >= 0.6 is 15.9 Å². The van der Waals surface area contributed by atoms with Gasteiger partial charge in [-0.05, 0) is 40.4 Å². The Kier molecular flexibility index (Phi) is 3.75. The molecule has 1 aromatic carbocycles. The SMILES string of the molecule is NC(c1c(F)ccc(Br)c1F)C1CCS(=O)(=O)C1. The van der Waals surface area contributed by atoms with Crippen LogP contribution < -0.4 is 5.73 Å². The van der Waals surface area contributed by atoms with Gasteiger partial charge < -0.3 is 5.73 Å². The summed E-state index contributed by atoms with van der Waals surface area (Å²) in [6.07, 6.45) is 0.342. The van der Waals surface area contributed by atoms with Gasteiger partial charge in [-0.25, -0.2) is 17.2 Å². The lowest BCUT2D eigenvalue weighted by atomic mass is 9.92. The molecular weight excluding hydrogens is 328 g/mol. The summed E-state index contributed by atoms with van der Waals surface area (Å²) in [5, 5.41) is 0. The van der Waals surface area contributed by atoms with E-state index in [1.165, 1.54) is 6.07 Å². The van der Waals surface area contributed by atoms with Gasteiger partial charge in [0.25, 0.3) is 0 Å². The average molecular weight is 340 g/mol. The molecule has 2 atom stereocenters. The van der Waals surface area contributed by atoms with Crippen molar-refractivity contribution in [2.75, 3.05) is 11.5 Å². The lowest BCUT2D eigenvalue weighted by Gasteiger charge is -2.19. The van der Waals surface area contributed by atoms with Gasteiger partial charge >= 0.3 is 0 Å². The molecule has 0 spiro atoms. The Morgan fingerprint density at radius 1 is 1.39 bits per heavy atom. The molecule has 1 heterocycles. The van der Waals surface area contributed by atoms with E-state index in [9.17, 15) is 17.2 Å². The van der Waals surface area contributed by atoms with Crippen LogP contribution in [0.15, 0.2) is 16.6 Å². The zero-order valence-corrected chi connectivity index (χ0v) is 11.8. The minimum absolute atomic E-state index is 0.0304. The molecule has 3 nitrogen and oxygen atoms in total. The minimum atomic E-state index is -3.12. The van der Waals surface area contributed by atoms with E-state index in [0.29, 0.717) is 6.42 Å². The molecule has 0 bridgehead atoms. The molecule has 7 heteroatoms. The number of halogens is 3. The quantitative estimate of drug-likeness (QED) is 0.840. The normalized spacial score (nSPS) is 24.1. The van der Waals surface area contributed by atoms with Gasteiger partial charge in [0.05, 0.1) is 16.0 Å². The number of nitrogens with two attached hydrogens (primary N) is 1. The Hall–Kier alpha value is -0.530. The molecule has 1 aliphatic heterocycles. The summed E-state index contributed by atoms with van der Waals surface area (Å²) in [4.78, 5) is 0. The van der Waals surface area contributed by atoms with Crippen molar-refractivity contribution in [3.8, 4) is 0 Å². The van der Waals surface area contributed by atoms with Crippen molar-refractivity contribution in [2.45, 2.75) is 12.5 Å². The number of benzene rings is 1. The number of hydrogen-bond acceptors (Lipinski definition) is 3. The summed E-state index contributed by atoms with van der Waals surface area (Å²) < 4.78 is 50.3. The summed E-state index contributed by atoms with van der Waals surface area (Å²) in [5.74, 6) is -2.02. The van der Waals surface area contributed by atoms with Crippen LogP contribution in [0.5, 0.6) is 0 Å². The number of sulfone groups is 1. The Bertz CT molecular complexity index is 577. The molecule has 0 aliphatic carbocycles. The smallest absolute Gasteiger partial charge is 0.150 e. The lowest BCUT2D eigenvalue weighted by molar-refractivity contribution is 0.433. The van der Waals surface area contributed by atoms with Gasteiger partial charge in [-0.1, -0.05) is 0 Å². The second-order valence-electron chi connectivity index (χ2n) is 4.45. The van der Waals surface area contributed by atoms with E-state index < -0.39 is 33.4 Å². The van der Waals surface area contributed by atoms with Gasteiger partial charge in [-0.3, -0.25) is 0 Å². The molecule has 2 rings (SSSR count). The first-order valence-corrected chi connectivity index (χ1v) is 8.02. The van der Waals surface area contributed by atoms with Crippen LogP contribution in [0.25, 0.3) is 0 Å². The van der Waals surface area contributed by atoms with Crippen LogP contribution in [-0.4, -0.2) is 19.9 Å². The minimum Gasteiger partial charge on any atom is -0.324 e. The second-order valence-corrected chi connectivity index (χ2v) is 7.53. The van der Waals surface area contributed by atoms with Crippen molar-refractivity contribution >= 4 is 25.8 Å². The zero-order chi connectivity index (χ0) is 13.5. The summed E-state index contributed by atoms with van der Waals surface area (Å²) in [6.45, 7) is 0. The van der Waals surface area contributed by atoms with Crippen LogP contribution in [-0.2, 0) is 9.84 Å². The van der Waals surface area contributed by atoms with Crippen LogP contribution in [0.1, 0.15) is 18.0 Å². The van der Waals surface area contributed by atoms with E-state index >= 15 is 0 Å². The molecule has 1 fully saturated rings. The van der Waals surface area contributed by atoms with E-state index in [0.717, 1.165) is 6.07 Å². The highest BCUT2D eigenvalue weighted by molar-refractivity contribution is 9.10. The third kappa shape index (κ3) is 2.57. The standard InChI is InChI=1S/C11H12BrF2NO2S/c12-7-1-2-8(13)9(10(7)14)11(15)6-3-4-18(16,17)5-6/h1-2,6,11H,3-5,15H2. The Morgan fingerprint density at radius 2 is 2.06 bits per heavy atom. The maximum atomic E-state index is 13.8. The molecule has 1 saturated heterocycles. The fourth-order valence-corrected chi connectivity index (χ4v) is 4.39. The van der Waals surface area contributed by atoms with Crippen molar-refractivity contribution < 1.29 is 17.2 Å². The molecule has 1 aromatic rings. The maximum Gasteiger partial charge on any atom is 0.150 e. The molecule has 1 aliphatic rings. The highest BCUT2D eigenvalue weighted by Gasteiger charge is 2.35. The van der Waals surface area contributed by atoms with Gasteiger partial charge in [-0.15, -0.1) is 0 Å².